The third-order valence-electron chi connectivity index (χ3n) is 1.61. The van der Waals surface area contributed by atoms with Gasteiger partial charge in [0.15, 0.2) is 5.82 Å². The summed E-state index contributed by atoms with van der Waals surface area (Å²) in [5.74, 6) is -0.845. The third-order valence-corrected chi connectivity index (χ3v) is 1.92. The summed E-state index contributed by atoms with van der Waals surface area (Å²) in [5, 5.41) is 0.362. The van der Waals surface area contributed by atoms with Gasteiger partial charge in [-0.1, -0.05) is 11.6 Å². The number of rotatable bonds is 4. The smallest absolute Gasteiger partial charge is 0.315 e. The van der Waals surface area contributed by atoms with Crippen LogP contribution in [0.2, 0.25) is 5.02 Å². The van der Waals surface area contributed by atoms with Crippen LogP contribution in [-0.4, -0.2) is 24.0 Å². The molecule has 0 bridgehead atoms. The van der Waals surface area contributed by atoms with Crippen LogP contribution in [0.4, 0.5) is 5.82 Å². The molecule has 0 unspecified atom stereocenters. The van der Waals surface area contributed by atoms with Crippen molar-refractivity contribution in [1.82, 2.24) is 10.4 Å². The van der Waals surface area contributed by atoms with E-state index in [-0.39, 0.29) is 6.42 Å². The van der Waals surface area contributed by atoms with Gasteiger partial charge in [-0.25, -0.2) is 4.98 Å². The van der Waals surface area contributed by atoms with Crippen molar-refractivity contribution < 1.29 is 14.3 Å². The van der Waals surface area contributed by atoms with E-state index < -0.39 is 11.9 Å². The number of carbonyl (C=O) groups excluding carboxylic acids is 2. The second-order valence-electron chi connectivity index (χ2n) is 2.76. The van der Waals surface area contributed by atoms with Gasteiger partial charge in [0.2, 0.25) is 5.91 Å². The van der Waals surface area contributed by atoms with Crippen LogP contribution in [0.15, 0.2) is 18.3 Å². The van der Waals surface area contributed by atoms with Crippen LogP contribution < -0.4 is 10.9 Å². The molecule has 6 nitrogen and oxygen atoms in total. The standard InChI is InChI=1S/C9H10ClN3O3/c1-16-8(15)5-7(14)12-13-9-6(10)3-2-4-11-9/h2-4H,5H2,1H3,(H,11,13)(H,12,14). The Hall–Kier alpha value is -1.82. The summed E-state index contributed by atoms with van der Waals surface area (Å²) in [5.41, 5.74) is 4.76. The average molecular weight is 244 g/mol. The van der Waals surface area contributed by atoms with Gasteiger partial charge in [0.25, 0.3) is 0 Å². The van der Waals surface area contributed by atoms with E-state index in [1.165, 1.54) is 13.3 Å². The second-order valence-corrected chi connectivity index (χ2v) is 3.17. The van der Waals surface area contributed by atoms with E-state index in [9.17, 15) is 9.59 Å². The normalized spacial score (nSPS) is 9.38. The number of esters is 1. The fourth-order valence-electron chi connectivity index (χ4n) is 0.854. The molecule has 0 radical (unpaired) electrons. The predicted molar refractivity (Wildman–Crippen MR) is 57.6 cm³/mol. The van der Waals surface area contributed by atoms with Gasteiger partial charge < -0.3 is 4.74 Å². The number of ether oxygens (including phenoxy) is 1. The van der Waals surface area contributed by atoms with Crippen LogP contribution in [0, 0.1) is 0 Å². The summed E-state index contributed by atoms with van der Waals surface area (Å²) in [6.45, 7) is 0. The van der Waals surface area contributed by atoms with Gasteiger partial charge in [0.05, 0.1) is 12.1 Å². The van der Waals surface area contributed by atoms with Crippen molar-refractivity contribution in [3.05, 3.63) is 23.4 Å². The Kier molecular flexibility index (Phi) is 4.53. The number of hydrogen-bond donors (Lipinski definition) is 2. The van der Waals surface area contributed by atoms with E-state index in [1.807, 2.05) is 0 Å². The molecule has 2 N–H and O–H groups in total. The Bertz CT molecular complexity index is 397. The monoisotopic (exact) mass is 243 g/mol. The average Bonchev–Trinajstić information content (AvgIpc) is 2.28. The summed E-state index contributed by atoms with van der Waals surface area (Å²) >= 11 is 5.77. The lowest BCUT2D eigenvalue weighted by molar-refractivity contribution is -0.143. The molecule has 1 amide bonds. The molecule has 1 heterocycles. The minimum Gasteiger partial charge on any atom is -0.469 e. The lowest BCUT2D eigenvalue weighted by Gasteiger charge is -2.07. The number of hydrogen-bond acceptors (Lipinski definition) is 5. The highest BCUT2D eigenvalue weighted by Crippen LogP contribution is 2.15. The van der Waals surface area contributed by atoms with Crippen molar-refractivity contribution in [2.45, 2.75) is 6.42 Å². The maximum atomic E-state index is 11.2. The first-order valence-corrected chi connectivity index (χ1v) is 4.73. The van der Waals surface area contributed by atoms with E-state index in [0.717, 1.165) is 0 Å². The van der Waals surface area contributed by atoms with Crippen LogP contribution in [0.5, 0.6) is 0 Å². The quantitative estimate of drug-likeness (QED) is 0.463. The lowest BCUT2D eigenvalue weighted by Crippen LogP contribution is -2.31. The maximum absolute atomic E-state index is 11.2. The van der Waals surface area contributed by atoms with Crippen molar-refractivity contribution in [3.8, 4) is 0 Å². The van der Waals surface area contributed by atoms with Crippen molar-refractivity contribution in [1.29, 1.82) is 0 Å². The van der Waals surface area contributed by atoms with Gasteiger partial charge >= 0.3 is 5.97 Å². The largest absolute Gasteiger partial charge is 0.469 e. The number of anilines is 1. The van der Waals surface area contributed by atoms with Crippen molar-refractivity contribution in [2.75, 3.05) is 12.5 Å². The zero-order chi connectivity index (χ0) is 12.0. The fraction of sp³-hybridized carbons (Fsp3) is 0.222. The number of aromatic nitrogens is 1. The van der Waals surface area contributed by atoms with Crippen LogP contribution in [-0.2, 0) is 14.3 Å². The molecular formula is C9H10ClN3O3. The fourth-order valence-corrected chi connectivity index (χ4v) is 1.02. The number of pyridine rings is 1. The van der Waals surface area contributed by atoms with E-state index in [2.05, 4.69) is 20.6 Å². The summed E-state index contributed by atoms with van der Waals surface area (Å²) in [7, 11) is 1.21. The molecule has 0 saturated carbocycles. The Labute approximate surface area is 96.9 Å². The van der Waals surface area contributed by atoms with Gasteiger partial charge in [-0.05, 0) is 12.1 Å². The molecule has 1 aromatic heterocycles. The molecule has 0 aliphatic carbocycles. The molecule has 1 aromatic rings. The molecule has 0 spiro atoms. The molecule has 0 atom stereocenters. The highest BCUT2D eigenvalue weighted by Gasteiger charge is 2.09. The summed E-state index contributed by atoms with van der Waals surface area (Å²) in [4.78, 5) is 25.8. The SMILES string of the molecule is COC(=O)CC(=O)NNc1ncccc1Cl. The summed E-state index contributed by atoms with van der Waals surface area (Å²) < 4.78 is 4.33. The first-order valence-electron chi connectivity index (χ1n) is 4.35. The highest BCUT2D eigenvalue weighted by molar-refractivity contribution is 6.32. The molecule has 0 aromatic carbocycles. The topological polar surface area (TPSA) is 80.3 Å². The first-order chi connectivity index (χ1) is 7.63. The highest BCUT2D eigenvalue weighted by atomic mass is 35.5. The second kappa shape index (κ2) is 5.92. The van der Waals surface area contributed by atoms with Crippen LogP contribution in [0.25, 0.3) is 0 Å². The van der Waals surface area contributed by atoms with Gasteiger partial charge in [-0.3, -0.25) is 20.4 Å². The molecular weight excluding hydrogens is 234 g/mol. The van der Waals surface area contributed by atoms with E-state index >= 15 is 0 Å². The number of methoxy groups -OCH3 is 1. The minimum atomic E-state index is -0.619. The first kappa shape index (κ1) is 12.3. The number of halogens is 1. The zero-order valence-electron chi connectivity index (χ0n) is 8.49. The number of nitrogens with zero attached hydrogens (tertiary/aromatic N) is 1. The van der Waals surface area contributed by atoms with Crippen molar-refractivity contribution >= 4 is 29.3 Å². The van der Waals surface area contributed by atoms with Crippen molar-refractivity contribution in [2.24, 2.45) is 0 Å². The molecule has 86 valence electrons. The third kappa shape index (κ3) is 3.74. The number of hydrazine groups is 1. The predicted octanol–water partition coefficient (Wildman–Crippen LogP) is 0.741. The van der Waals surface area contributed by atoms with Crippen LogP contribution in [0.3, 0.4) is 0 Å². The van der Waals surface area contributed by atoms with Gasteiger partial charge in [-0.15, -0.1) is 0 Å². The van der Waals surface area contributed by atoms with E-state index in [0.29, 0.717) is 10.8 Å². The van der Waals surface area contributed by atoms with Gasteiger partial charge in [0.1, 0.15) is 6.42 Å². The minimum absolute atomic E-state index is 0.308. The van der Waals surface area contributed by atoms with Crippen molar-refractivity contribution in [3.63, 3.8) is 0 Å². The number of amides is 1. The molecule has 0 saturated heterocycles. The Morgan fingerprint density at radius 3 is 2.94 bits per heavy atom. The lowest BCUT2D eigenvalue weighted by atomic mass is 10.4. The zero-order valence-corrected chi connectivity index (χ0v) is 9.25. The van der Waals surface area contributed by atoms with Crippen LogP contribution in [0.1, 0.15) is 6.42 Å². The summed E-state index contributed by atoms with van der Waals surface area (Å²) in [6.07, 6.45) is 1.15. The number of carbonyl (C=O) groups is 2. The molecule has 0 aliphatic heterocycles. The molecule has 7 heteroatoms. The van der Waals surface area contributed by atoms with E-state index in [4.69, 9.17) is 11.6 Å². The van der Waals surface area contributed by atoms with Gasteiger partial charge in [0, 0.05) is 6.20 Å². The Morgan fingerprint density at radius 1 is 1.56 bits per heavy atom. The summed E-state index contributed by atoms with van der Waals surface area (Å²) in [6, 6.07) is 3.27. The Balaban J connectivity index is 2.43. The van der Waals surface area contributed by atoms with Crippen LogP contribution >= 0.6 is 11.6 Å². The number of nitrogens with one attached hydrogen (secondary N) is 2. The van der Waals surface area contributed by atoms with Gasteiger partial charge in [-0.2, -0.15) is 0 Å². The molecule has 1 rings (SSSR count). The molecule has 16 heavy (non-hydrogen) atoms. The Morgan fingerprint density at radius 2 is 2.31 bits per heavy atom. The van der Waals surface area contributed by atoms with E-state index in [1.54, 1.807) is 12.1 Å². The maximum Gasteiger partial charge on any atom is 0.315 e. The molecule has 0 fully saturated rings. The molecule has 0 aliphatic rings.